The number of urea groups is 1. The lowest BCUT2D eigenvalue weighted by atomic mass is 9.89. The zero-order valence-electron chi connectivity index (χ0n) is 13.6. The molecule has 2 heterocycles. The van der Waals surface area contributed by atoms with Crippen LogP contribution in [0.15, 0.2) is 29.4 Å². The molecule has 4 N–H and O–H groups in total. The lowest BCUT2D eigenvalue weighted by molar-refractivity contribution is 0.202. The molecule has 2 aromatic rings. The van der Waals surface area contributed by atoms with Crippen LogP contribution in [-0.2, 0) is 13.0 Å². The summed E-state index contributed by atoms with van der Waals surface area (Å²) in [5.74, 6) is -1.81. The Morgan fingerprint density at radius 3 is 2.65 bits per heavy atom. The van der Waals surface area contributed by atoms with Crippen molar-refractivity contribution in [3.8, 4) is 11.3 Å². The van der Waals surface area contributed by atoms with Crippen LogP contribution in [-0.4, -0.2) is 28.4 Å². The van der Waals surface area contributed by atoms with Crippen LogP contribution in [0, 0.1) is 18.6 Å². The summed E-state index contributed by atoms with van der Waals surface area (Å²) < 4.78 is 27.4. The van der Waals surface area contributed by atoms with E-state index in [9.17, 15) is 13.6 Å². The molecule has 1 aromatic heterocycles. The van der Waals surface area contributed by atoms with Gasteiger partial charge in [-0.2, -0.15) is 4.99 Å². The van der Waals surface area contributed by atoms with E-state index >= 15 is 0 Å². The summed E-state index contributed by atoms with van der Waals surface area (Å²) in [7, 11) is 0. The van der Waals surface area contributed by atoms with Gasteiger partial charge in [0.1, 0.15) is 11.5 Å². The van der Waals surface area contributed by atoms with E-state index in [1.807, 2.05) is 13.0 Å². The fraction of sp³-hybridized carbons (Fsp3) is 0.278. The number of fused-ring (bicyclic) bond motifs is 1. The number of halogens is 2. The fourth-order valence-electron chi connectivity index (χ4n) is 3.03. The van der Waals surface area contributed by atoms with Crippen molar-refractivity contribution in [3.05, 3.63) is 52.7 Å². The fourth-order valence-corrected chi connectivity index (χ4v) is 3.03. The first-order valence-electron chi connectivity index (χ1n) is 7.68. The number of aryl methyl sites for hydroxylation is 1. The third-order valence-corrected chi connectivity index (χ3v) is 4.20. The van der Waals surface area contributed by atoms with Crippen LogP contribution in [0.2, 0.25) is 0 Å². The minimum Gasteiger partial charge on any atom is -0.370 e. The summed E-state index contributed by atoms with van der Waals surface area (Å²) in [6.45, 7) is 2.62. The Labute approximate surface area is 150 Å². The van der Waals surface area contributed by atoms with Crippen molar-refractivity contribution in [2.45, 2.75) is 27.3 Å². The Kier molecular flexibility index (Phi) is 5.54. The zero-order chi connectivity index (χ0) is 18.1. The minimum absolute atomic E-state index is 0. The van der Waals surface area contributed by atoms with Crippen molar-refractivity contribution in [1.29, 1.82) is 0 Å². The van der Waals surface area contributed by atoms with Crippen LogP contribution >= 0.6 is 0 Å². The summed E-state index contributed by atoms with van der Waals surface area (Å²) in [6, 6.07) is 3.84. The summed E-state index contributed by atoms with van der Waals surface area (Å²) in [4.78, 5) is 21.0. The normalized spacial score (nSPS) is 12.8. The molecule has 3 rings (SSSR count). The Balaban J connectivity index is 0.00000243. The largest absolute Gasteiger partial charge is 0.370 e. The van der Waals surface area contributed by atoms with Gasteiger partial charge in [0.2, 0.25) is 0 Å². The Hall–Kier alpha value is -3.03. The van der Waals surface area contributed by atoms with Gasteiger partial charge < -0.3 is 16.4 Å². The van der Waals surface area contributed by atoms with Crippen molar-refractivity contribution in [2.75, 3.05) is 6.54 Å². The number of hydrogen-bond donors (Lipinski definition) is 2. The number of aliphatic imine (C=N–C) groups is 1. The molecule has 2 amide bonds. The van der Waals surface area contributed by atoms with E-state index < -0.39 is 17.7 Å². The zero-order valence-corrected chi connectivity index (χ0v) is 13.6. The molecule has 0 spiro atoms. The molecule has 0 fully saturated rings. The molecule has 0 radical (unpaired) electrons. The van der Waals surface area contributed by atoms with E-state index in [2.05, 4.69) is 9.98 Å². The number of benzene rings is 1. The summed E-state index contributed by atoms with van der Waals surface area (Å²) >= 11 is 0. The van der Waals surface area contributed by atoms with Crippen molar-refractivity contribution in [2.24, 2.45) is 16.5 Å². The number of rotatable bonds is 1. The molecule has 8 heteroatoms. The van der Waals surface area contributed by atoms with Gasteiger partial charge in [0, 0.05) is 24.7 Å². The van der Waals surface area contributed by atoms with E-state index in [0.29, 0.717) is 18.5 Å². The van der Waals surface area contributed by atoms with Gasteiger partial charge in [0.15, 0.2) is 11.8 Å². The monoisotopic (exact) mass is 361 g/mol. The van der Waals surface area contributed by atoms with E-state index in [4.69, 9.17) is 11.5 Å². The quantitative estimate of drug-likeness (QED) is 0.603. The molecule has 0 atom stereocenters. The molecule has 0 saturated heterocycles. The number of guanidine groups is 1. The van der Waals surface area contributed by atoms with E-state index in [1.165, 1.54) is 4.90 Å². The Bertz CT molecular complexity index is 878. The lowest BCUT2D eigenvalue weighted by Crippen LogP contribution is -2.37. The van der Waals surface area contributed by atoms with E-state index in [0.717, 1.165) is 29.0 Å². The molecule has 1 aliphatic heterocycles. The smallest absolute Gasteiger partial charge is 0.347 e. The molecule has 138 valence electrons. The number of nitrogens with zero attached hydrogens (tertiary/aromatic N) is 3. The average Bonchev–Trinajstić information content (AvgIpc) is 2.55. The number of carbonyl (C=O) groups excluding carboxylic acids is 1. The Morgan fingerprint density at radius 1 is 1.27 bits per heavy atom. The second-order valence-corrected chi connectivity index (χ2v) is 5.86. The second-order valence-electron chi connectivity index (χ2n) is 5.86. The highest BCUT2D eigenvalue weighted by Crippen LogP contribution is 2.33. The number of hydrogen-bond acceptors (Lipinski definition) is 2. The average molecular weight is 361 g/mol. The maximum atomic E-state index is 14.2. The summed E-state index contributed by atoms with van der Waals surface area (Å²) in [5, 5.41) is 0. The highest BCUT2D eigenvalue weighted by Gasteiger charge is 2.25. The number of carbonyl (C=O) groups is 1. The molecule has 1 aromatic carbocycles. The van der Waals surface area contributed by atoms with E-state index in [1.54, 1.807) is 6.07 Å². The third-order valence-electron chi connectivity index (χ3n) is 4.20. The molecule has 0 unspecified atom stereocenters. The van der Waals surface area contributed by atoms with Crippen LogP contribution in [0.25, 0.3) is 11.3 Å². The molecule has 1 aliphatic rings. The maximum Gasteiger partial charge on any atom is 0.347 e. The van der Waals surface area contributed by atoms with Crippen molar-refractivity contribution in [3.63, 3.8) is 0 Å². The van der Waals surface area contributed by atoms with Crippen LogP contribution in [0.3, 0.4) is 0 Å². The second kappa shape index (κ2) is 7.47. The van der Waals surface area contributed by atoms with Crippen LogP contribution < -0.4 is 11.5 Å². The molecule has 0 aliphatic carbocycles. The first-order chi connectivity index (χ1) is 11.9. The third kappa shape index (κ3) is 3.63. The van der Waals surface area contributed by atoms with Gasteiger partial charge >= 0.3 is 6.03 Å². The Morgan fingerprint density at radius 2 is 2.00 bits per heavy atom. The van der Waals surface area contributed by atoms with Crippen molar-refractivity contribution in [1.82, 2.24) is 9.88 Å². The molecule has 0 saturated carbocycles. The number of amides is 2. The molecular formula is C18H21F2N5O. The van der Waals surface area contributed by atoms with Crippen molar-refractivity contribution >= 4 is 12.0 Å². The topological polar surface area (TPSA) is 97.6 Å². The molecule has 26 heavy (non-hydrogen) atoms. The van der Waals surface area contributed by atoms with Gasteiger partial charge in [0.25, 0.3) is 0 Å². The highest BCUT2D eigenvalue weighted by molar-refractivity contribution is 5.90. The summed E-state index contributed by atoms with van der Waals surface area (Å²) in [6.07, 6.45) is 1.55. The van der Waals surface area contributed by atoms with E-state index in [-0.39, 0.29) is 25.6 Å². The predicted octanol–water partition coefficient (Wildman–Crippen LogP) is 2.72. The van der Waals surface area contributed by atoms with Gasteiger partial charge in [-0.25, -0.2) is 13.6 Å². The van der Waals surface area contributed by atoms with Crippen LogP contribution in [0.4, 0.5) is 13.6 Å². The lowest BCUT2D eigenvalue weighted by Gasteiger charge is -2.30. The molecular weight excluding hydrogens is 340 g/mol. The summed E-state index contributed by atoms with van der Waals surface area (Å²) in [5.41, 5.74) is 13.9. The van der Waals surface area contributed by atoms with Crippen LogP contribution in [0.5, 0.6) is 0 Å². The number of aromatic nitrogens is 1. The first kappa shape index (κ1) is 19.3. The van der Waals surface area contributed by atoms with Crippen LogP contribution in [0.1, 0.15) is 24.1 Å². The van der Waals surface area contributed by atoms with Gasteiger partial charge in [-0.3, -0.25) is 4.98 Å². The minimum atomic E-state index is -0.751. The molecule has 0 bridgehead atoms. The maximum absolute atomic E-state index is 14.2. The first-order valence-corrected chi connectivity index (χ1v) is 7.68. The predicted molar refractivity (Wildman–Crippen MR) is 96.4 cm³/mol. The standard InChI is InChI=1S/C17H17F2N5O.CH4/c1-9-2-3-12(15-14(19)6-10(18)7-22-15)13-8-24(5-4-11(9)13)17(25)23-16(20)21;/h2-3,6-7H,4-5,8H2,1H3,(H4,20,21,23,25);1H4. The SMILES string of the molecule is C.Cc1ccc(-c2ncc(F)cc2F)c2c1CCN(C(=O)N=C(N)N)C2. The molecule has 6 nitrogen and oxygen atoms in total. The van der Waals surface area contributed by atoms with Crippen molar-refractivity contribution < 1.29 is 13.6 Å². The van der Waals surface area contributed by atoms with Gasteiger partial charge in [0.05, 0.1) is 6.20 Å². The van der Waals surface area contributed by atoms with Gasteiger partial charge in [-0.15, -0.1) is 0 Å². The number of pyridine rings is 1. The van der Waals surface area contributed by atoms with Gasteiger partial charge in [-0.05, 0) is 30.0 Å². The van der Waals surface area contributed by atoms with Gasteiger partial charge in [-0.1, -0.05) is 19.6 Å². The highest BCUT2D eigenvalue weighted by atomic mass is 19.1. The number of nitrogens with two attached hydrogens (primary N) is 2.